The molecule has 6 heterocycles. The van der Waals surface area contributed by atoms with Gasteiger partial charge in [-0.25, -0.2) is 9.97 Å². The largest absolute Gasteiger partial charge is 0.490 e. The highest BCUT2D eigenvalue weighted by Gasteiger charge is 2.47. The van der Waals surface area contributed by atoms with E-state index >= 15 is 0 Å². The van der Waals surface area contributed by atoms with Crippen molar-refractivity contribution in [2.45, 2.75) is 88.4 Å². The van der Waals surface area contributed by atoms with Crippen LogP contribution in [0.1, 0.15) is 101 Å². The van der Waals surface area contributed by atoms with Gasteiger partial charge in [0.05, 0.1) is 40.2 Å². The van der Waals surface area contributed by atoms with Crippen molar-refractivity contribution in [1.82, 2.24) is 30.4 Å². The summed E-state index contributed by atoms with van der Waals surface area (Å²) < 4.78 is 6.08. The third-order valence-electron chi connectivity index (χ3n) is 13.2. The number of ether oxygens (including phenoxy) is 1. The molecule has 1 aromatic heterocycles. The molecule has 15 nitrogen and oxygen atoms in total. The van der Waals surface area contributed by atoms with Gasteiger partial charge in [-0.3, -0.25) is 34.2 Å². The van der Waals surface area contributed by atoms with Crippen molar-refractivity contribution in [3.63, 3.8) is 0 Å². The number of nitriles is 1. The molecule has 0 bridgehead atoms. The fourth-order valence-corrected chi connectivity index (χ4v) is 10.0. The predicted molar refractivity (Wildman–Crippen MR) is 216 cm³/mol. The molecule has 5 aliphatic heterocycles. The number of benzene rings is 2. The lowest BCUT2D eigenvalue weighted by molar-refractivity contribution is -0.136. The molecule has 9 rings (SSSR count). The zero-order valence-corrected chi connectivity index (χ0v) is 33.5. The summed E-state index contributed by atoms with van der Waals surface area (Å²) in [6.45, 7) is 5.65. The summed E-state index contributed by atoms with van der Waals surface area (Å²) >= 11 is 6.15. The molecule has 306 valence electrons. The number of rotatable bonds is 8. The molecule has 59 heavy (non-hydrogen) atoms. The van der Waals surface area contributed by atoms with Crippen molar-refractivity contribution in [1.29, 1.82) is 5.26 Å². The molecule has 1 atom stereocenters. The molecule has 4 saturated heterocycles. The number of fused-ring (bicyclic) bond motifs is 1. The predicted octanol–water partition coefficient (Wildman–Crippen LogP) is 4.09. The minimum absolute atomic E-state index is 0.0222. The van der Waals surface area contributed by atoms with Crippen LogP contribution in [0.2, 0.25) is 5.02 Å². The molecule has 2 N–H and O–H groups in total. The molecule has 1 spiro atoms. The van der Waals surface area contributed by atoms with E-state index in [0.29, 0.717) is 39.2 Å². The van der Waals surface area contributed by atoms with Crippen LogP contribution < -0.4 is 25.2 Å². The second kappa shape index (κ2) is 15.9. The molecule has 3 aromatic rings. The Kier molecular flexibility index (Phi) is 10.5. The highest BCUT2D eigenvalue weighted by atomic mass is 35.5. The number of anilines is 2. The molecular formula is C43H46ClN9O6. The second-order valence-corrected chi connectivity index (χ2v) is 17.3. The summed E-state index contributed by atoms with van der Waals surface area (Å²) in [6.07, 6.45) is 11.0. The molecule has 1 unspecified atom stereocenters. The lowest BCUT2D eigenvalue weighted by atomic mass is 9.71. The summed E-state index contributed by atoms with van der Waals surface area (Å²) in [5.74, 6) is -0.745. The molecular weight excluding hydrogens is 774 g/mol. The van der Waals surface area contributed by atoms with Gasteiger partial charge in [-0.2, -0.15) is 5.26 Å². The Morgan fingerprint density at radius 2 is 1.61 bits per heavy atom. The zero-order valence-electron chi connectivity index (χ0n) is 32.7. The first kappa shape index (κ1) is 38.9. The lowest BCUT2D eigenvalue weighted by Gasteiger charge is -2.55. The normalized spacial score (nSPS) is 24.7. The van der Waals surface area contributed by atoms with Crippen LogP contribution >= 0.6 is 11.6 Å². The van der Waals surface area contributed by atoms with E-state index in [0.717, 1.165) is 107 Å². The van der Waals surface area contributed by atoms with E-state index in [1.165, 1.54) is 0 Å². The van der Waals surface area contributed by atoms with Crippen LogP contribution in [-0.2, 0) is 9.59 Å². The second-order valence-electron chi connectivity index (χ2n) is 16.9. The lowest BCUT2D eigenvalue weighted by Crippen LogP contribution is -2.62. The summed E-state index contributed by atoms with van der Waals surface area (Å²) in [5.41, 5.74) is 2.50. The highest BCUT2D eigenvalue weighted by Crippen LogP contribution is 2.43. The quantitative estimate of drug-likeness (QED) is 0.311. The molecule has 2 aromatic carbocycles. The van der Waals surface area contributed by atoms with E-state index < -0.39 is 29.7 Å². The third-order valence-corrected chi connectivity index (χ3v) is 13.6. The van der Waals surface area contributed by atoms with Crippen LogP contribution in [-0.4, -0.2) is 113 Å². The first-order chi connectivity index (χ1) is 28.6. The minimum atomic E-state index is -0.972. The number of imide groups is 2. The van der Waals surface area contributed by atoms with Crippen LogP contribution in [0.3, 0.4) is 0 Å². The SMILES string of the molecule is N#Cc1ccc(OC2CCC(NC(=O)c3cnc(N4CC5(CCN(C6CCN(c7ccc8c(c7)C(=O)N(C7CCC(=O)NC7=O)C8=O)CC6)CC5)C4)cn3)CC2)cc1Cl. The number of likely N-dealkylation sites (tertiary alicyclic amines) is 1. The van der Waals surface area contributed by atoms with E-state index in [4.69, 9.17) is 21.6 Å². The summed E-state index contributed by atoms with van der Waals surface area (Å²) in [6, 6.07) is 12.1. The van der Waals surface area contributed by atoms with Crippen LogP contribution in [0.15, 0.2) is 48.8 Å². The number of hydrogen-bond acceptors (Lipinski definition) is 12. The Morgan fingerprint density at radius 1 is 0.864 bits per heavy atom. The van der Waals surface area contributed by atoms with E-state index in [1.807, 2.05) is 6.07 Å². The Bertz CT molecular complexity index is 2210. The number of nitrogens with one attached hydrogen (secondary N) is 2. The molecule has 1 saturated carbocycles. The van der Waals surface area contributed by atoms with E-state index in [9.17, 15) is 24.0 Å². The van der Waals surface area contributed by atoms with Crippen molar-refractivity contribution >= 4 is 52.6 Å². The number of carbonyl (C=O) groups excluding carboxylic acids is 5. The van der Waals surface area contributed by atoms with E-state index in [1.54, 1.807) is 42.7 Å². The van der Waals surface area contributed by atoms with E-state index in [-0.39, 0.29) is 36.3 Å². The van der Waals surface area contributed by atoms with Crippen molar-refractivity contribution in [2.24, 2.45) is 5.41 Å². The van der Waals surface area contributed by atoms with Crippen LogP contribution in [0.4, 0.5) is 11.5 Å². The van der Waals surface area contributed by atoms with Gasteiger partial charge in [-0.1, -0.05) is 11.6 Å². The summed E-state index contributed by atoms with van der Waals surface area (Å²) in [7, 11) is 0. The average molecular weight is 820 g/mol. The number of carbonyl (C=O) groups is 5. The maximum absolute atomic E-state index is 13.4. The van der Waals surface area contributed by atoms with E-state index in [2.05, 4.69) is 41.4 Å². The topological polar surface area (TPSA) is 181 Å². The van der Waals surface area contributed by atoms with Gasteiger partial charge in [0.2, 0.25) is 11.8 Å². The van der Waals surface area contributed by atoms with Crippen LogP contribution in [0.25, 0.3) is 0 Å². The molecule has 0 radical (unpaired) electrons. The maximum Gasteiger partial charge on any atom is 0.271 e. The molecule has 5 amide bonds. The van der Waals surface area contributed by atoms with Gasteiger partial charge in [-0.05, 0) is 101 Å². The smallest absolute Gasteiger partial charge is 0.271 e. The van der Waals surface area contributed by atoms with Crippen LogP contribution in [0, 0.1) is 16.7 Å². The molecule has 16 heteroatoms. The van der Waals surface area contributed by atoms with Crippen molar-refractivity contribution < 1.29 is 28.7 Å². The fourth-order valence-electron chi connectivity index (χ4n) is 9.79. The Hall–Kier alpha value is -5.59. The van der Waals surface area contributed by atoms with Gasteiger partial charge in [0.15, 0.2) is 0 Å². The number of hydrogen-bond donors (Lipinski definition) is 2. The zero-order chi connectivity index (χ0) is 40.8. The van der Waals surface area contributed by atoms with Gasteiger partial charge in [0.25, 0.3) is 17.7 Å². The Labute approximate surface area is 347 Å². The van der Waals surface area contributed by atoms with Crippen LogP contribution in [0.5, 0.6) is 5.75 Å². The molecule has 5 fully saturated rings. The van der Waals surface area contributed by atoms with Gasteiger partial charge < -0.3 is 24.8 Å². The fraction of sp³-hybridized carbons (Fsp3) is 0.488. The average Bonchev–Trinajstić information content (AvgIpc) is 3.48. The van der Waals surface area contributed by atoms with Gasteiger partial charge in [0.1, 0.15) is 29.4 Å². The molecule has 6 aliphatic rings. The Balaban J connectivity index is 0.700. The molecule has 1 aliphatic carbocycles. The van der Waals surface area contributed by atoms with Gasteiger partial charge in [-0.15, -0.1) is 0 Å². The monoisotopic (exact) mass is 819 g/mol. The number of amides is 5. The third kappa shape index (κ3) is 7.71. The summed E-state index contributed by atoms with van der Waals surface area (Å²) in [4.78, 5) is 80.9. The van der Waals surface area contributed by atoms with Gasteiger partial charge >= 0.3 is 0 Å². The minimum Gasteiger partial charge on any atom is -0.490 e. The first-order valence-corrected chi connectivity index (χ1v) is 21.0. The summed E-state index contributed by atoms with van der Waals surface area (Å²) in [5, 5.41) is 14.8. The number of aromatic nitrogens is 2. The van der Waals surface area contributed by atoms with Gasteiger partial charge in [0, 0.05) is 61.9 Å². The highest BCUT2D eigenvalue weighted by molar-refractivity contribution is 6.31. The van der Waals surface area contributed by atoms with Crippen molar-refractivity contribution in [3.8, 4) is 11.8 Å². The van der Waals surface area contributed by atoms with Crippen molar-refractivity contribution in [3.05, 3.63) is 76.2 Å². The number of piperidine rings is 3. The Morgan fingerprint density at radius 3 is 2.29 bits per heavy atom. The number of nitrogens with zero attached hydrogens (tertiary/aromatic N) is 7. The number of halogens is 1. The van der Waals surface area contributed by atoms with Crippen molar-refractivity contribution in [2.75, 3.05) is 49.1 Å². The standard InChI is InChI=1S/C43H46ClN9O6/c44-34-20-31(5-1-26(34)21-45)59-30-6-2-27(3-7-30)48-39(55)35-22-47-37(23-46-35)52-24-43(25-52)13-17-51(18-14-43)28-11-15-50(16-12-28)29-4-8-32-33(19-29)42(58)53(41(32)57)36-9-10-38(54)49-40(36)56/h1,4-5,8,19-20,22-23,27-28,30,36H,2-3,6-7,9-18,24-25H2,(H,48,55)(H,49,54,56). The maximum atomic E-state index is 13.4. The first-order valence-electron chi connectivity index (χ1n) is 20.7.